The van der Waals surface area contributed by atoms with Crippen molar-refractivity contribution < 1.29 is 14.3 Å². The first-order valence-corrected chi connectivity index (χ1v) is 11.4. The zero-order valence-corrected chi connectivity index (χ0v) is 19.7. The highest BCUT2D eigenvalue weighted by molar-refractivity contribution is 9.10. The van der Waals surface area contributed by atoms with Crippen LogP contribution in [0.25, 0.3) is 6.08 Å². The molecule has 0 radical (unpaired) electrons. The summed E-state index contributed by atoms with van der Waals surface area (Å²) >= 11 is 10.3. The molecule has 2 aromatic rings. The molecule has 0 saturated carbocycles. The van der Waals surface area contributed by atoms with Gasteiger partial charge in [-0.15, -0.1) is 0 Å². The molecule has 0 bridgehead atoms. The minimum absolute atomic E-state index is 0.0779. The molecule has 1 aliphatic rings. The van der Waals surface area contributed by atoms with E-state index in [1.165, 1.54) is 11.8 Å². The molecular formula is C22H22BrNO3S2. The van der Waals surface area contributed by atoms with E-state index >= 15 is 0 Å². The Kier molecular flexibility index (Phi) is 7.38. The highest BCUT2D eigenvalue weighted by Crippen LogP contribution is 2.40. The molecular weight excluding hydrogens is 470 g/mol. The van der Waals surface area contributed by atoms with Crippen molar-refractivity contribution >= 4 is 61.9 Å². The molecule has 1 fully saturated rings. The maximum atomic E-state index is 13.0. The molecule has 4 nitrogen and oxygen atoms in total. The van der Waals surface area contributed by atoms with Gasteiger partial charge in [-0.3, -0.25) is 9.69 Å². The van der Waals surface area contributed by atoms with E-state index in [-0.39, 0.29) is 12.0 Å². The first-order valence-electron chi connectivity index (χ1n) is 9.40. The first-order chi connectivity index (χ1) is 13.9. The fourth-order valence-electron chi connectivity index (χ4n) is 2.73. The Bertz CT molecular complexity index is 947. The number of anilines is 1. The summed E-state index contributed by atoms with van der Waals surface area (Å²) in [6, 6.07) is 13.2. The predicted molar refractivity (Wildman–Crippen MR) is 128 cm³/mol. The summed E-state index contributed by atoms with van der Waals surface area (Å²) in [5.74, 6) is 1.21. The Labute approximate surface area is 189 Å². The lowest BCUT2D eigenvalue weighted by Gasteiger charge is -2.17. The summed E-state index contributed by atoms with van der Waals surface area (Å²) in [5.41, 5.74) is 1.60. The van der Waals surface area contributed by atoms with Crippen LogP contribution in [0.3, 0.4) is 0 Å². The second-order valence-corrected chi connectivity index (χ2v) is 8.97. The van der Waals surface area contributed by atoms with Crippen molar-refractivity contribution in [1.82, 2.24) is 0 Å². The molecule has 7 heteroatoms. The number of rotatable bonds is 7. The summed E-state index contributed by atoms with van der Waals surface area (Å²) in [7, 11) is 0. The average Bonchev–Trinajstić information content (AvgIpc) is 2.99. The van der Waals surface area contributed by atoms with Gasteiger partial charge in [-0.25, -0.2) is 0 Å². The normalized spacial score (nSPS) is 16.4. The predicted octanol–water partition coefficient (Wildman–Crippen LogP) is 6.43. The number of ether oxygens (including phenoxy) is 2. The standard InChI is InChI=1S/C22H22BrNO3S2/c1-4-14(3)27-19-13-17(23)15(11-18(19)26-5-2)12-20-21(25)24(22(28)29-20)16-9-7-6-8-10-16/h6-14H,4-5H2,1-3H3/b20-12+/t14-/m0/s1. The van der Waals surface area contributed by atoms with Crippen LogP contribution in [0.1, 0.15) is 32.8 Å². The Morgan fingerprint density at radius 3 is 2.59 bits per heavy atom. The lowest BCUT2D eigenvalue weighted by atomic mass is 10.1. The van der Waals surface area contributed by atoms with E-state index in [1.807, 2.05) is 62.4 Å². The van der Waals surface area contributed by atoms with Gasteiger partial charge in [0.25, 0.3) is 5.91 Å². The quantitative estimate of drug-likeness (QED) is 0.329. The molecule has 3 rings (SSSR count). The van der Waals surface area contributed by atoms with E-state index in [0.29, 0.717) is 27.3 Å². The Hall–Kier alpha value is -1.83. The maximum absolute atomic E-state index is 13.0. The SMILES string of the molecule is CCOc1cc(/C=C2/SC(=S)N(c3ccccc3)C2=O)c(Br)cc1O[C@@H](C)CC. The number of para-hydroxylation sites is 1. The number of benzene rings is 2. The molecule has 0 aliphatic carbocycles. The minimum atomic E-state index is -0.129. The van der Waals surface area contributed by atoms with Gasteiger partial charge in [0.05, 0.1) is 23.3 Å². The van der Waals surface area contributed by atoms with Crippen molar-refractivity contribution in [3.63, 3.8) is 0 Å². The van der Waals surface area contributed by atoms with Gasteiger partial charge in [0.2, 0.25) is 0 Å². The van der Waals surface area contributed by atoms with Crippen LogP contribution in [0, 0.1) is 0 Å². The van der Waals surface area contributed by atoms with E-state index < -0.39 is 0 Å². The third kappa shape index (κ3) is 5.02. The number of amides is 1. The molecule has 0 N–H and O–H groups in total. The molecule has 1 saturated heterocycles. The summed E-state index contributed by atoms with van der Waals surface area (Å²) in [6.45, 7) is 6.55. The van der Waals surface area contributed by atoms with E-state index in [1.54, 1.807) is 4.90 Å². The molecule has 29 heavy (non-hydrogen) atoms. The monoisotopic (exact) mass is 491 g/mol. The number of nitrogens with zero attached hydrogens (tertiary/aromatic N) is 1. The van der Waals surface area contributed by atoms with Crippen LogP contribution in [-0.2, 0) is 4.79 Å². The fraction of sp³-hybridized carbons (Fsp3) is 0.273. The molecule has 0 unspecified atom stereocenters. The molecule has 1 aliphatic heterocycles. The lowest BCUT2D eigenvalue weighted by molar-refractivity contribution is -0.113. The summed E-state index contributed by atoms with van der Waals surface area (Å²) in [6.07, 6.45) is 2.81. The Morgan fingerprint density at radius 2 is 1.93 bits per heavy atom. The van der Waals surface area contributed by atoms with Crippen LogP contribution >= 0.6 is 39.9 Å². The van der Waals surface area contributed by atoms with E-state index in [4.69, 9.17) is 21.7 Å². The minimum Gasteiger partial charge on any atom is -0.490 e. The van der Waals surface area contributed by atoms with E-state index in [9.17, 15) is 4.79 Å². The largest absolute Gasteiger partial charge is 0.490 e. The van der Waals surface area contributed by atoms with E-state index in [2.05, 4.69) is 22.9 Å². The van der Waals surface area contributed by atoms with Crippen LogP contribution < -0.4 is 14.4 Å². The topological polar surface area (TPSA) is 38.8 Å². The Balaban J connectivity index is 1.94. The summed E-state index contributed by atoms with van der Waals surface area (Å²) in [4.78, 5) is 15.1. The van der Waals surface area contributed by atoms with Crippen molar-refractivity contribution in [3.05, 3.63) is 57.4 Å². The first kappa shape index (κ1) is 21.9. The fourth-order valence-corrected chi connectivity index (χ4v) is 4.46. The highest BCUT2D eigenvalue weighted by atomic mass is 79.9. The number of thioether (sulfide) groups is 1. The van der Waals surface area contributed by atoms with Crippen LogP contribution in [0.15, 0.2) is 51.8 Å². The van der Waals surface area contributed by atoms with Gasteiger partial charge in [0.1, 0.15) is 0 Å². The maximum Gasteiger partial charge on any atom is 0.270 e. The van der Waals surface area contributed by atoms with Crippen molar-refractivity contribution in [3.8, 4) is 11.5 Å². The summed E-state index contributed by atoms with van der Waals surface area (Å²) in [5, 5.41) is 0. The van der Waals surface area contributed by atoms with Crippen LogP contribution in [0.4, 0.5) is 5.69 Å². The van der Waals surface area contributed by atoms with Crippen molar-refractivity contribution in [2.45, 2.75) is 33.3 Å². The van der Waals surface area contributed by atoms with Crippen molar-refractivity contribution in [1.29, 1.82) is 0 Å². The van der Waals surface area contributed by atoms with Gasteiger partial charge in [-0.1, -0.05) is 65.0 Å². The smallest absolute Gasteiger partial charge is 0.270 e. The molecule has 2 aromatic carbocycles. The molecule has 1 amide bonds. The molecule has 0 spiro atoms. The number of hydrogen-bond donors (Lipinski definition) is 0. The average molecular weight is 492 g/mol. The van der Waals surface area contributed by atoms with Gasteiger partial charge in [0, 0.05) is 4.47 Å². The van der Waals surface area contributed by atoms with Gasteiger partial charge in [-0.2, -0.15) is 0 Å². The Morgan fingerprint density at radius 1 is 1.21 bits per heavy atom. The third-order valence-corrected chi connectivity index (χ3v) is 6.35. The zero-order chi connectivity index (χ0) is 21.0. The number of hydrogen-bond acceptors (Lipinski definition) is 5. The van der Waals surface area contributed by atoms with Crippen molar-refractivity contribution in [2.24, 2.45) is 0 Å². The van der Waals surface area contributed by atoms with Crippen LogP contribution in [0.5, 0.6) is 11.5 Å². The molecule has 152 valence electrons. The van der Waals surface area contributed by atoms with E-state index in [0.717, 1.165) is 22.1 Å². The number of carbonyl (C=O) groups excluding carboxylic acids is 1. The van der Waals surface area contributed by atoms with Crippen molar-refractivity contribution in [2.75, 3.05) is 11.5 Å². The van der Waals surface area contributed by atoms with Gasteiger partial charge in [-0.05, 0) is 56.2 Å². The molecule has 0 aromatic heterocycles. The number of halogens is 1. The van der Waals surface area contributed by atoms with Crippen LogP contribution in [0.2, 0.25) is 0 Å². The highest BCUT2D eigenvalue weighted by Gasteiger charge is 2.33. The van der Waals surface area contributed by atoms with Gasteiger partial charge < -0.3 is 9.47 Å². The zero-order valence-electron chi connectivity index (χ0n) is 16.5. The second-order valence-electron chi connectivity index (χ2n) is 6.44. The lowest BCUT2D eigenvalue weighted by Crippen LogP contribution is -2.27. The number of thiocarbonyl (C=S) groups is 1. The second kappa shape index (κ2) is 9.78. The summed E-state index contributed by atoms with van der Waals surface area (Å²) < 4.78 is 13.1. The molecule has 1 atom stereocenters. The molecule has 1 heterocycles. The number of carbonyl (C=O) groups is 1. The van der Waals surface area contributed by atoms with Gasteiger partial charge in [0.15, 0.2) is 15.8 Å². The van der Waals surface area contributed by atoms with Gasteiger partial charge >= 0.3 is 0 Å². The third-order valence-electron chi connectivity index (χ3n) is 4.36. The van der Waals surface area contributed by atoms with Crippen LogP contribution in [-0.4, -0.2) is 22.9 Å².